The van der Waals surface area contributed by atoms with Gasteiger partial charge in [0, 0.05) is 36.5 Å². The smallest absolute Gasteiger partial charge is 0.270 e. The van der Waals surface area contributed by atoms with E-state index in [2.05, 4.69) is 0 Å². The van der Waals surface area contributed by atoms with Crippen molar-refractivity contribution in [1.82, 2.24) is 9.47 Å². The summed E-state index contributed by atoms with van der Waals surface area (Å²) in [6.07, 6.45) is 5.85. The highest BCUT2D eigenvalue weighted by molar-refractivity contribution is 8.13. The summed E-state index contributed by atoms with van der Waals surface area (Å²) in [6, 6.07) is 1.70. The van der Waals surface area contributed by atoms with Crippen LogP contribution in [-0.2, 0) is 16.1 Å². The fourth-order valence-electron chi connectivity index (χ4n) is 2.39. The van der Waals surface area contributed by atoms with Crippen molar-refractivity contribution in [3.63, 3.8) is 0 Å². The SMILES string of the molecule is Cn1cc(S(=O)(=O)Cl)cc1C(=O)N(CC1CC1)C1CC1. The summed E-state index contributed by atoms with van der Waals surface area (Å²) in [5.41, 5.74) is 0.386. The first-order chi connectivity index (χ1) is 9.36. The number of aromatic nitrogens is 1. The van der Waals surface area contributed by atoms with Gasteiger partial charge in [0.1, 0.15) is 10.6 Å². The number of hydrogen-bond acceptors (Lipinski definition) is 3. The molecule has 3 rings (SSSR count). The van der Waals surface area contributed by atoms with E-state index in [9.17, 15) is 13.2 Å². The van der Waals surface area contributed by atoms with Gasteiger partial charge >= 0.3 is 0 Å². The third-order valence-corrected chi connectivity index (χ3v) is 5.20. The second kappa shape index (κ2) is 4.77. The minimum atomic E-state index is -3.80. The highest BCUT2D eigenvalue weighted by Gasteiger charge is 2.37. The highest BCUT2D eigenvalue weighted by atomic mass is 35.7. The molecular weight excluding hydrogens is 300 g/mol. The molecule has 1 amide bonds. The van der Waals surface area contributed by atoms with E-state index in [0.29, 0.717) is 17.7 Å². The van der Waals surface area contributed by atoms with Crippen molar-refractivity contribution in [2.24, 2.45) is 13.0 Å². The Labute approximate surface area is 122 Å². The van der Waals surface area contributed by atoms with Gasteiger partial charge in [0.15, 0.2) is 0 Å². The lowest BCUT2D eigenvalue weighted by molar-refractivity contribution is 0.0725. The van der Waals surface area contributed by atoms with Gasteiger partial charge in [-0.05, 0) is 37.7 Å². The predicted molar refractivity (Wildman–Crippen MR) is 75.2 cm³/mol. The average molecular weight is 317 g/mol. The van der Waals surface area contributed by atoms with Crippen molar-refractivity contribution < 1.29 is 13.2 Å². The lowest BCUT2D eigenvalue weighted by atomic mass is 10.3. The van der Waals surface area contributed by atoms with Gasteiger partial charge in [-0.1, -0.05) is 0 Å². The first kappa shape index (κ1) is 13.9. The zero-order valence-electron chi connectivity index (χ0n) is 11.3. The Morgan fingerprint density at radius 2 is 2.05 bits per heavy atom. The summed E-state index contributed by atoms with van der Waals surface area (Å²) < 4.78 is 24.2. The van der Waals surface area contributed by atoms with E-state index in [1.165, 1.54) is 25.1 Å². The van der Waals surface area contributed by atoms with Crippen LogP contribution in [-0.4, -0.2) is 36.4 Å². The largest absolute Gasteiger partial charge is 0.345 e. The normalized spacial score (nSPS) is 19.1. The molecule has 110 valence electrons. The monoisotopic (exact) mass is 316 g/mol. The number of carbonyl (C=O) groups is 1. The third kappa shape index (κ3) is 2.86. The molecule has 0 saturated heterocycles. The molecule has 7 heteroatoms. The maximum absolute atomic E-state index is 12.6. The van der Waals surface area contributed by atoms with Crippen LogP contribution in [0.3, 0.4) is 0 Å². The molecule has 0 spiro atoms. The molecule has 5 nitrogen and oxygen atoms in total. The lowest BCUT2D eigenvalue weighted by Gasteiger charge is -2.22. The molecule has 0 unspecified atom stereocenters. The molecule has 1 heterocycles. The summed E-state index contributed by atoms with van der Waals surface area (Å²) in [5.74, 6) is 0.532. The Morgan fingerprint density at radius 1 is 1.40 bits per heavy atom. The van der Waals surface area contributed by atoms with E-state index < -0.39 is 9.05 Å². The first-order valence-corrected chi connectivity index (χ1v) is 9.09. The molecule has 2 fully saturated rings. The number of amides is 1. The molecule has 0 aliphatic heterocycles. The van der Waals surface area contributed by atoms with Crippen molar-refractivity contribution in [3.8, 4) is 0 Å². The molecule has 0 aromatic carbocycles. The maximum atomic E-state index is 12.6. The van der Waals surface area contributed by atoms with Crippen molar-refractivity contribution in [2.75, 3.05) is 6.54 Å². The standard InChI is InChI=1S/C13H17ClN2O3S/c1-15-8-11(20(14,18)19)6-12(15)13(17)16(10-4-5-10)7-9-2-3-9/h6,8-10H,2-5,7H2,1H3. The van der Waals surface area contributed by atoms with Crippen LogP contribution >= 0.6 is 10.7 Å². The van der Waals surface area contributed by atoms with E-state index in [1.54, 1.807) is 11.6 Å². The van der Waals surface area contributed by atoms with E-state index in [-0.39, 0.29) is 10.8 Å². The zero-order valence-corrected chi connectivity index (χ0v) is 12.8. The van der Waals surface area contributed by atoms with Gasteiger partial charge in [-0.15, -0.1) is 0 Å². The van der Waals surface area contributed by atoms with Gasteiger partial charge in [0.25, 0.3) is 15.0 Å². The second-order valence-corrected chi connectivity index (χ2v) is 8.31. The van der Waals surface area contributed by atoms with Crippen molar-refractivity contribution in [3.05, 3.63) is 18.0 Å². The first-order valence-electron chi connectivity index (χ1n) is 6.78. The lowest BCUT2D eigenvalue weighted by Crippen LogP contribution is -2.35. The molecule has 0 radical (unpaired) electrons. The number of rotatable bonds is 5. The van der Waals surface area contributed by atoms with Crippen molar-refractivity contribution >= 4 is 25.6 Å². The number of aryl methyl sites for hydroxylation is 1. The molecule has 1 aromatic heterocycles. The fraction of sp³-hybridized carbons (Fsp3) is 0.615. The van der Waals surface area contributed by atoms with Crippen LogP contribution in [0.15, 0.2) is 17.2 Å². The Morgan fingerprint density at radius 3 is 2.50 bits per heavy atom. The Balaban J connectivity index is 1.86. The number of carbonyl (C=O) groups excluding carboxylic acids is 1. The summed E-state index contributed by atoms with van der Waals surface area (Å²) in [6.45, 7) is 0.789. The van der Waals surface area contributed by atoms with Crippen LogP contribution in [0.25, 0.3) is 0 Å². The van der Waals surface area contributed by atoms with Gasteiger partial charge < -0.3 is 9.47 Å². The molecule has 2 aliphatic rings. The van der Waals surface area contributed by atoms with E-state index in [1.807, 2.05) is 4.90 Å². The molecule has 2 aliphatic carbocycles. The molecule has 0 atom stereocenters. The van der Waals surface area contributed by atoms with E-state index in [0.717, 1.165) is 19.4 Å². The third-order valence-electron chi connectivity index (χ3n) is 3.88. The van der Waals surface area contributed by atoms with Gasteiger partial charge in [-0.2, -0.15) is 0 Å². The molecule has 0 bridgehead atoms. The maximum Gasteiger partial charge on any atom is 0.270 e. The van der Waals surface area contributed by atoms with Crippen molar-refractivity contribution in [1.29, 1.82) is 0 Å². The molecule has 2 saturated carbocycles. The number of nitrogens with zero attached hydrogens (tertiary/aromatic N) is 2. The average Bonchev–Trinajstić information content (AvgIpc) is 3.23. The highest BCUT2D eigenvalue weighted by Crippen LogP contribution is 2.35. The van der Waals surface area contributed by atoms with Crippen LogP contribution in [0.4, 0.5) is 0 Å². The molecular formula is C13H17ClN2O3S. The van der Waals surface area contributed by atoms with Crippen molar-refractivity contribution in [2.45, 2.75) is 36.6 Å². The van der Waals surface area contributed by atoms with Gasteiger partial charge in [-0.3, -0.25) is 4.79 Å². The number of halogens is 1. The summed E-state index contributed by atoms with van der Waals surface area (Å²) in [7, 11) is 3.20. The zero-order chi connectivity index (χ0) is 14.5. The van der Waals surface area contributed by atoms with Crippen LogP contribution in [0, 0.1) is 5.92 Å². The van der Waals surface area contributed by atoms with Gasteiger partial charge in [0.2, 0.25) is 0 Å². The number of hydrogen-bond donors (Lipinski definition) is 0. The Hall–Kier alpha value is -1.01. The Bertz CT molecular complexity index is 645. The summed E-state index contributed by atoms with van der Waals surface area (Å²) in [4.78, 5) is 14.5. The summed E-state index contributed by atoms with van der Waals surface area (Å²) in [5, 5.41) is 0. The molecule has 0 N–H and O–H groups in total. The minimum absolute atomic E-state index is 0.0211. The van der Waals surface area contributed by atoms with Crippen LogP contribution in [0.5, 0.6) is 0 Å². The fourth-order valence-corrected chi connectivity index (χ4v) is 3.18. The quantitative estimate of drug-likeness (QED) is 0.780. The summed E-state index contributed by atoms with van der Waals surface area (Å²) >= 11 is 0. The van der Waals surface area contributed by atoms with E-state index in [4.69, 9.17) is 10.7 Å². The topological polar surface area (TPSA) is 59.4 Å². The minimum Gasteiger partial charge on any atom is -0.345 e. The van der Waals surface area contributed by atoms with Crippen LogP contribution < -0.4 is 0 Å². The van der Waals surface area contributed by atoms with E-state index >= 15 is 0 Å². The van der Waals surface area contributed by atoms with Gasteiger partial charge in [0.05, 0.1) is 0 Å². The Kier molecular flexibility index (Phi) is 3.33. The second-order valence-electron chi connectivity index (χ2n) is 5.74. The van der Waals surface area contributed by atoms with Crippen LogP contribution in [0.1, 0.15) is 36.2 Å². The molecule has 20 heavy (non-hydrogen) atoms. The van der Waals surface area contributed by atoms with Crippen LogP contribution in [0.2, 0.25) is 0 Å². The van der Waals surface area contributed by atoms with Gasteiger partial charge in [-0.25, -0.2) is 8.42 Å². The molecule has 1 aromatic rings. The predicted octanol–water partition coefficient (Wildman–Crippen LogP) is 1.97.